The Bertz CT molecular complexity index is 69.2. The first-order chi connectivity index (χ1) is 4.22. The van der Waals surface area contributed by atoms with Gasteiger partial charge in [-0.1, -0.05) is 0 Å². The maximum atomic E-state index is 8.83. The first kappa shape index (κ1) is 8.84. The Hall–Kier alpha value is -0.160. The smallest absolute Gasteiger partial charge is 0.0921 e. The number of nitrogens with two attached hydrogens (primary N) is 1. The van der Waals surface area contributed by atoms with E-state index >= 15 is 0 Å². The first-order valence-electron chi connectivity index (χ1n) is 2.89. The van der Waals surface area contributed by atoms with Gasteiger partial charge in [0.1, 0.15) is 0 Å². The Labute approximate surface area is 53.9 Å². The van der Waals surface area contributed by atoms with E-state index in [0.717, 1.165) is 0 Å². The summed E-state index contributed by atoms with van der Waals surface area (Å²) in [5.41, 5.74) is 5.01. The highest BCUT2D eigenvalue weighted by atomic mass is 16.3. The molecule has 0 saturated heterocycles. The minimum atomic E-state index is -0.905. The SMILES string of the molecule is NCC(O)C(O)CCO. The molecule has 0 amide bonds. The van der Waals surface area contributed by atoms with Crippen LogP contribution in [0.15, 0.2) is 0 Å². The van der Waals surface area contributed by atoms with Gasteiger partial charge < -0.3 is 21.1 Å². The number of aliphatic hydroxyl groups is 3. The molecular formula is C5H13NO3. The van der Waals surface area contributed by atoms with Crippen molar-refractivity contribution in [3.63, 3.8) is 0 Å². The molecule has 0 spiro atoms. The maximum absolute atomic E-state index is 8.83. The molecular weight excluding hydrogens is 122 g/mol. The Morgan fingerprint density at radius 1 is 1.22 bits per heavy atom. The van der Waals surface area contributed by atoms with Crippen molar-refractivity contribution in [2.24, 2.45) is 5.73 Å². The minimum Gasteiger partial charge on any atom is -0.396 e. The predicted octanol–water partition coefficient (Wildman–Crippen LogP) is -1.95. The van der Waals surface area contributed by atoms with Gasteiger partial charge in [-0.3, -0.25) is 0 Å². The third kappa shape index (κ3) is 3.42. The molecule has 0 bridgehead atoms. The van der Waals surface area contributed by atoms with Crippen molar-refractivity contribution >= 4 is 0 Å². The van der Waals surface area contributed by atoms with E-state index in [4.69, 9.17) is 21.1 Å². The summed E-state index contributed by atoms with van der Waals surface area (Å²) in [7, 11) is 0. The molecule has 0 aliphatic heterocycles. The van der Waals surface area contributed by atoms with Crippen molar-refractivity contribution in [2.45, 2.75) is 18.6 Å². The van der Waals surface area contributed by atoms with Crippen molar-refractivity contribution in [3.8, 4) is 0 Å². The lowest BCUT2D eigenvalue weighted by atomic mass is 10.1. The lowest BCUT2D eigenvalue weighted by molar-refractivity contribution is 0.0108. The molecule has 2 atom stereocenters. The van der Waals surface area contributed by atoms with Crippen LogP contribution >= 0.6 is 0 Å². The van der Waals surface area contributed by atoms with Gasteiger partial charge in [-0.2, -0.15) is 0 Å². The van der Waals surface area contributed by atoms with Crippen molar-refractivity contribution in [3.05, 3.63) is 0 Å². The molecule has 56 valence electrons. The van der Waals surface area contributed by atoms with E-state index in [0.29, 0.717) is 0 Å². The van der Waals surface area contributed by atoms with Crippen LogP contribution in [0.4, 0.5) is 0 Å². The molecule has 0 radical (unpaired) electrons. The highest BCUT2D eigenvalue weighted by molar-refractivity contribution is 4.66. The summed E-state index contributed by atoms with van der Waals surface area (Å²) in [4.78, 5) is 0. The number of rotatable bonds is 4. The third-order valence-corrected chi connectivity index (χ3v) is 1.11. The normalized spacial score (nSPS) is 17.3. The van der Waals surface area contributed by atoms with Crippen LogP contribution in [0.3, 0.4) is 0 Å². The highest BCUT2D eigenvalue weighted by Crippen LogP contribution is 1.95. The monoisotopic (exact) mass is 135 g/mol. The fraction of sp³-hybridized carbons (Fsp3) is 1.00. The summed E-state index contributed by atoms with van der Waals surface area (Å²) in [5.74, 6) is 0. The summed E-state index contributed by atoms with van der Waals surface area (Å²) in [5, 5.41) is 25.9. The first-order valence-corrected chi connectivity index (χ1v) is 2.89. The van der Waals surface area contributed by atoms with Gasteiger partial charge >= 0.3 is 0 Å². The fourth-order valence-electron chi connectivity index (χ4n) is 0.482. The fourth-order valence-corrected chi connectivity index (χ4v) is 0.482. The van der Waals surface area contributed by atoms with Crippen LogP contribution in [0.5, 0.6) is 0 Å². The molecule has 0 heterocycles. The summed E-state index contributed by atoms with van der Waals surface area (Å²) in [6.45, 7) is -0.0978. The van der Waals surface area contributed by atoms with Gasteiger partial charge in [0.25, 0.3) is 0 Å². The van der Waals surface area contributed by atoms with Crippen molar-refractivity contribution in [1.29, 1.82) is 0 Å². The van der Waals surface area contributed by atoms with Crippen molar-refractivity contribution in [2.75, 3.05) is 13.2 Å². The zero-order valence-electron chi connectivity index (χ0n) is 5.20. The van der Waals surface area contributed by atoms with Crippen LogP contribution in [0.2, 0.25) is 0 Å². The quantitative estimate of drug-likeness (QED) is 0.361. The molecule has 4 heteroatoms. The van der Waals surface area contributed by atoms with E-state index in [1.165, 1.54) is 0 Å². The molecule has 0 aliphatic carbocycles. The second-order valence-electron chi connectivity index (χ2n) is 1.88. The zero-order chi connectivity index (χ0) is 7.28. The van der Waals surface area contributed by atoms with Crippen LogP contribution in [-0.2, 0) is 0 Å². The van der Waals surface area contributed by atoms with E-state index in [-0.39, 0.29) is 19.6 Å². The Morgan fingerprint density at radius 3 is 2.11 bits per heavy atom. The van der Waals surface area contributed by atoms with Crippen molar-refractivity contribution in [1.82, 2.24) is 0 Å². The van der Waals surface area contributed by atoms with Crippen LogP contribution in [0.1, 0.15) is 6.42 Å². The molecule has 0 fully saturated rings. The van der Waals surface area contributed by atoms with Crippen LogP contribution in [0.25, 0.3) is 0 Å². The number of aliphatic hydroxyl groups excluding tert-OH is 3. The van der Waals surface area contributed by atoms with E-state index in [1.807, 2.05) is 0 Å². The topological polar surface area (TPSA) is 86.7 Å². The molecule has 0 aromatic carbocycles. The summed E-state index contributed by atoms with van der Waals surface area (Å²) in [6.07, 6.45) is -1.62. The summed E-state index contributed by atoms with van der Waals surface area (Å²) < 4.78 is 0. The van der Waals surface area contributed by atoms with Gasteiger partial charge in [-0.25, -0.2) is 0 Å². The van der Waals surface area contributed by atoms with E-state index in [9.17, 15) is 0 Å². The van der Waals surface area contributed by atoms with Gasteiger partial charge in [-0.15, -0.1) is 0 Å². The molecule has 0 aliphatic rings. The van der Waals surface area contributed by atoms with E-state index in [2.05, 4.69) is 0 Å². The average Bonchev–Trinajstić information content (AvgIpc) is 1.87. The molecule has 9 heavy (non-hydrogen) atoms. The van der Waals surface area contributed by atoms with Gasteiger partial charge in [-0.05, 0) is 6.42 Å². The molecule has 4 nitrogen and oxygen atoms in total. The lowest BCUT2D eigenvalue weighted by Crippen LogP contribution is -2.33. The molecule has 2 unspecified atom stereocenters. The number of hydrogen-bond acceptors (Lipinski definition) is 4. The third-order valence-electron chi connectivity index (χ3n) is 1.11. The Morgan fingerprint density at radius 2 is 1.78 bits per heavy atom. The lowest BCUT2D eigenvalue weighted by Gasteiger charge is -2.13. The van der Waals surface area contributed by atoms with Gasteiger partial charge in [0.15, 0.2) is 0 Å². The largest absolute Gasteiger partial charge is 0.396 e. The molecule has 0 rings (SSSR count). The van der Waals surface area contributed by atoms with E-state index in [1.54, 1.807) is 0 Å². The molecule has 5 N–H and O–H groups in total. The summed E-state index contributed by atoms with van der Waals surface area (Å²) >= 11 is 0. The molecule has 0 saturated carbocycles. The zero-order valence-corrected chi connectivity index (χ0v) is 5.20. The predicted molar refractivity (Wildman–Crippen MR) is 32.8 cm³/mol. The van der Waals surface area contributed by atoms with Crippen LogP contribution in [0, 0.1) is 0 Å². The highest BCUT2D eigenvalue weighted by Gasteiger charge is 2.12. The maximum Gasteiger partial charge on any atom is 0.0921 e. The van der Waals surface area contributed by atoms with Crippen LogP contribution < -0.4 is 5.73 Å². The standard InChI is InChI=1S/C5H13NO3/c6-3-5(9)4(8)1-2-7/h4-5,7-9H,1-3,6H2. The Balaban J connectivity index is 3.32. The van der Waals surface area contributed by atoms with E-state index < -0.39 is 12.2 Å². The molecule has 0 aromatic heterocycles. The Kier molecular flexibility index (Phi) is 4.61. The van der Waals surface area contributed by atoms with Gasteiger partial charge in [0.05, 0.1) is 12.2 Å². The average molecular weight is 135 g/mol. The van der Waals surface area contributed by atoms with Gasteiger partial charge in [0.2, 0.25) is 0 Å². The van der Waals surface area contributed by atoms with Gasteiger partial charge in [0, 0.05) is 13.2 Å². The van der Waals surface area contributed by atoms with Crippen molar-refractivity contribution < 1.29 is 15.3 Å². The summed E-state index contributed by atoms with van der Waals surface area (Å²) in [6, 6.07) is 0. The number of hydrogen-bond donors (Lipinski definition) is 4. The minimum absolute atomic E-state index is 0.0289. The second-order valence-corrected chi connectivity index (χ2v) is 1.88. The van der Waals surface area contributed by atoms with Crippen LogP contribution in [-0.4, -0.2) is 40.7 Å². The molecule has 0 aromatic rings. The second kappa shape index (κ2) is 4.69.